The molecule has 1 aromatic carbocycles. The number of amides is 3. The van der Waals surface area contributed by atoms with Crippen molar-refractivity contribution < 1.29 is 14.0 Å². The van der Waals surface area contributed by atoms with E-state index in [2.05, 4.69) is 16.0 Å². The number of carbonyl (C=O) groups is 2. The van der Waals surface area contributed by atoms with Crippen LogP contribution in [-0.2, 0) is 4.79 Å². The van der Waals surface area contributed by atoms with E-state index in [9.17, 15) is 14.0 Å². The molecule has 5 nitrogen and oxygen atoms in total. The second-order valence-electron chi connectivity index (χ2n) is 4.57. The SMILES string of the molecule is CCCNC(=O)C(C)NC(=O)Nc1ccc(F)cc1C. The predicted octanol–water partition coefficient (Wildman–Crippen LogP) is 2.17. The van der Waals surface area contributed by atoms with Gasteiger partial charge in [-0.05, 0) is 44.0 Å². The van der Waals surface area contributed by atoms with E-state index in [1.807, 2.05) is 6.92 Å². The highest BCUT2D eigenvalue weighted by atomic mass is 19.1. The summed E-state index contributed by atoms with van der Waals surface area (Å²) in [6.45, 7) is 5.81. The molecule has 0 aliphatic carbocycles. The molecule has 0 saturated heterocycles. The van der Waals surface area contributed by atoms with Crippen molar-refractivity contribution in [3.8, 4) is 0 Å². The molecule has 1 atom stereocenters. The van der Waals surface area contributed by atoms with Gasteiger partial charge in [-0.1, -0.05) is 6.92 Å². The van der Waals surface area contributed by atoms with Gasteiger partial charge in [0.15, 0.2) is 0 Å². The molecule has 6 heteroatoms. The number of hydrogen-bond donors (Lipinski definition) is 3. The van der Waals surface area contributed by atoms with E-state index in [-0.39, 0.29) is 11.7 Å². The molecule has 20 heavy (non-hydrogen) atoms. The van der Waals surface area contributed by atoms with Gasteiger partial charge in [-0.2, -0.15) is 0 Å². The maximum atomic E-state index is 12.9. The van der Waals surface area contributed by atoms with Crippen molar-refractivity contribution in [3.05, 3.63) is 29.6 Å². The van der Waals surface area contributed by atoms with Gasteiger partial charge in [0.05, 0.1) is 0 Å². The Balaban J connectivity index is 2.52. The van der Waals surface area contributed by atoms with Crippen molar-refractivity contribution in [3.63, 3.8) is 0 Å². The summed E-state index contributed by atoms with van der Waals surface area (Å²) in [7, 11) is 0. The first-order valence-corrected chi connectivity index (χ1v) is 6.55. The number of urea groups is 1. The van der Waals surface area contributed by atoms with Crippen LogP contribution in [0.2, 0.25) is 0 Å². The Kier molecular flexibility index (Phi) is 5.96. The van der Waals surface area contributed by atoms with Crippen LogP contribution in [0.5, 0.6) is 0 Å². The van der Waals surface area contributed by atoms with Crippen molar-refractivity contribution in [2.75, 3.05) is 11.9 Å². The number of benzene rings is 1. The van der Waals surface area contributed by atoms with Gasteiger partial charge < -0.3 is 16.0 Å². The smallest absolute Gasteiger partial charge is 0.319 e. The molecular weight excluding hydrogens is 261 g/mol. The largest absolute Gasteiger partial charge is 0.354 e. The third-order valence-corrected chi connectivity index (χ3v) is 2.73. The van der Waals surface area contributed by atoms with Crippen LogP contribution < -0.4 is 16.0 Å². The van der Waals surface area contributed by atoms with Gasteiger partial charge in [0, 0.05) is 12.2 Å². The first-order chi connectivity index (χ1) is 9.43. The minimum Gasteiger partial charge on any atom is -0.354 e. The molecule has 0 fully saturated rings. The Hall–Kier alpha value is -2.11. The lowest BCUT2D eigenvalue weighted by molar-refractivity contribution is -0.122. The highest BCUT2D eigenvalue weighted by Crippen LogP contribution is 2.15. The number of rotatable bonds is 5. The molecule has 0 heterocycles. The molecule has 0 aliphatic rings. The maximum Gasteiger partial charge on any atom is 0.319 e. The predicted molar refractivity (Wildman–Crippen MR) is 76.1 cm³/mol. The molecule has 0 aromatic heterocycles. The van der Waals surface area contributed by atoms with Crippen LogP contribution in [0, 0.1) is 12.7 Å². The van der Waals surface area contributed by atoms with E-state index in [0.717, 1.165) is 6.42 Å². The number of aryl methyl sites for hydroxylation is 1. The lowest BCUT2D eigenvalue weighted by Crippen LogP contribution is -2.46. The van der Waals surface area contributed by atoms with Gasteiger partial charge in [-0.15, -0.1) is 0 Å². The van der Waals surface area contributed by atoms with Crippen molar-refractivity contribution in [2.45, 2.75) is 33.2 Å². The number of halogens is 1. The quantitative estimate of drug-likeness (QED) is 0.774. The third-order valence-electron chi connectivity index (χ3n) is 2.73. The summed E-state index contributed by atoms with van der Waals surface area (Å²) in [4.78, 5) is 23.3. The maximum absolute atomic E-state index is 12.9. The average molecular weight is 281 g/mol. The fourth-order valence-electron chi connectivity index (χ4n) is 1.59. The molecule has 110 valence electrons. The molecule has 1 rings (SSSR count). The summed E-state index contributed by atoms with van der Waals surface area (Å²) in [6, 6.07) is 2.93. The summed E-state index contributed by atoms with van der Waals surface area (Å²) in [5.41, 5.74) is 1.12. The Morgan fingerprint density at radius 2 is 2.05 bits per heavy atom. The summed E-state index contributed by atoms with van der Waals surface area (Å²) in [5, 5.41) is 7.79. The van der Waals surface area contributed by atoms with Crippen LogP contribution >= 0.6 is 0 Å². The average Bonchev–Trinajstić information content (AvgIpc) is 2.39. The monoisotopic (exact) mass is 281 g/mol. The van der Waals surface area contributed by atoms with Gasteiger partial charge in [-0.3, -0.25) is 4.79 Å². The second kappa shape index (κ2) is 7.47. The summed E-state index contributed by atoms with van der Waals surface area (Å²) in [5.74, 6) is -0.599. The van der Waals surface area contributed by atoms with Gasteiger partial charge >= 0.3 is 6.03 Å². The fourth-order valence-corrected chi connectivity index (χ4v) is 1.59. The van der Waals surface area contributed by atoms with E-state index in [0.29, 0.717) is 17.8 Å². The Morgan fingerprint density at radius 1 is 1.35 bits per heavy atom. The topological polar surface area (TPSA) is 70.2 Å². The van der Waals surface area contributed by atoms with Crippen molar-refractivity contribution in [2.24, 2.45) is 0 Å². The van der Waals surface area contributed by atoms with Gasteiger partial charge in [0.25, 0.3) is 0 Å². The van der Waals surface area contributed by atoms with Crippen LogP contribution in [0.25, 0.3) is 0 Å². The molecule has 0 spiro atoms. The Morgan fingerprint density at radius 3 is 2.65 bits per heavy atom. The Bertz CT molecular complexity index is 491. The summed E-state index contributed by atoms with van der Waals surface area (Å²) in [6.07, 6.45) is 0.833. The fraction of sp³-hybridized carbons (Fsp3) is 0.429. The molecule has 3 amide bonds. The number of carbonyl (C=O) groups excluding carboxylic acids is 2. The lowest BCUT2D eigenvalue weighted by atomic mass is 10.2. The Labute approximate surface area is 117 Å². The molecule has 1 aromatic rings. The summed E-state index contributed by atoms with van der Waals surface area (Å²) >= 11 is 0. The normalized spacial score (nSPS) is 11.6. The molecule has 1 unspecified atom stereocenters. The number of hydrogen-bond acceptors (Lipinski definition) is 2. The van der Waals surface area contributed by atoms with E-state index in [1.165, 1.54) is 18.2 Å². The van der Waals surface area contributed by atoms with Crippen LogP contribution in [0.4, 0.5) is 14.9 Å². The van der Waals surface area contributed by atoms with Gasteiger partial charge in [0.2, 0.25) is 5.91 Å². The molecule has 0 saturated carbocycles. The van der Waals surface area contributed by atoms with Crippen LogP contribution in [0.1, 0.15) is 25.8 Å². The van der Waals surface area contributed by atoms with Gasteiger partial charge in [0.1, 0.15) is 11.9 Å². The van der Waals surface area contributed by atoms with Crippen molar-refractivity contribution in [1.29, 1.82) is 0 Å². The van der Waals surface area contributed by atoms with Crippen molar-refractivity contribution in [1.82, 2.24) is 10.6 Å². The third kappa shape index (κ3) is 4.87. The minimum atomic E-state index is -0.637. The zero-order chi connectivity index (χ0) is 15.1. The first kappa shape index (κ1) is 15.9. The van der Waals surface area contributed by atoms with E-state index < -0.39 is 12.1 Å². The molecule has 0 radical (unpaired) electrons. The molecule has 0 bridgehead atoms. The van der Waals surface area contributed by atoms with E-state index in [1.54, 1.807) is 13.8 Å². The lowest BCUT2D eigenvalue weighted by Gasteiger charge is -2.15. The zero-order valence-corrected chi connectivity index (χ0v) is 11.9. The standard InChI is InChI=1S/C14H20FN3O2/c1-4-7-16-13(19)10(3)17-14(20)18-12-6-5-11(15)8-9(12)2/h5-6,8,10H,4,7H2,1-3H3,(H,16,19)(H2,17,18,20). The van der Waals surface area contributed by atoms with E-state index in [4.69, 9.17) is 0 Å². The van der Waals surface area contributed by atoms with Crippen LogP contribution in [0.15, 0.2) is 18.2 Å². The highest BCUT2D eigenvalue weighted by molar-refractivity contribution is 5.94. The molecule has 3 N–H and O–H groups in total. The number of nitrogens with one attached hydrogen (secondary N) is 3. The summed E-state index contributed by atoms with van der Waals surface area (Å²) < 4.78 is 12.9. The van der Waals surface area contributed by atoms with E-state index >= 15 is 0 Å². The minimum absolute atomic E-state index is 0.238. The second-order valence-corrected chi connectivity index (χ2v) is 4.57. The highest BCUT2D eigenvalue weighted by Gasteiger charge is 2.15. The van der Waals surface area contributed by atoms with Crippen LogP contribution in [-0.4, -0.2) is 24.5 Å². The molecular formula is C14H20FN3O2. The zero-order valence-electron chi connectivity index (χ0n) is 11.9. The van der Waals surface area contributed by atoms with Gasteiger partial charge in [-0.25, -0.2) is 9.18 Å². The van der Waals surface area contributed by atoms with Crippen molar-refractivity contribution >= 4 is 17.6 Å². The first-order valence-electron chi connectivity index (χ1n) is 6.55. The molecule has 0 aliphatic heterocycles. The van der Waals surface area contributed by atoms with Crippen LogP contribution in [0.3, 0.4) is 0 Å². The number of anilines is 1.